The lowest BCUT2D eigenvalue weighted by atomic mass is 10.0. The van der Waals surface area contributed by atoms with E-state index < -0.39 is 4.92 Å². The third-order valence-electron chi connectivity index (χ3n) is 2.86. The highest BCUT2D eigenvalue weighted by molar-refractivity contribution is 5.70. The largest absolute Gasteiger partial charge is 0.494 e. The van der Waals surface area contributed by atoms with Crippen molar-refractivity contribution in [1.82, 2.24) is 4.98 Å². The Balaban J connectivity index is 2.41. The number of rotatable bonds is 4. The molecule has 0 saturated heterocycles. The molecule has 1 heterocycles. The Morgan fingerprint density at radius 1 is 1.26 bits per heavy atom. The van der Waals surface area contributed by atoms with E-state index in [4.69, 9.17) is 4.74 Å². The summed E-state index contributed by atoms with van der Waals surface area (Å²) in [6.07, 6.45) is 2.91. The molecule has 1 aromatic heterocycles. The smallest absolute Gasteiger partial charge is 0.291 e. The van der Waals surface area contributed by atoms with Gasteiger partial charge in [-0.2, -0.15) is 0 Å². The molecule has 0 fully saturated rings. The number of hydrogen-bond donors (Lipinski definition) is 0. The average molecular weight is 258 g/mol. The van der Waals surface area contributed by atoms with Crippen molar-refractivity contribution in [3.8, 4) is 16.9 Å². The van der Waals surface area contributed by atoms with Gasteiger partial charge in [-0.3, -0.25) is 15.1 Å². The van der Waals surface area contributed by atoms with E-state index in [1.807, 2.05) is 31.2 Å². The summed E-state index contributed by atoms with van der Waals surface area (Å²) in [5, 5.41) is 10.9. The molecule has 2 aromatic rings. The van der Waals surface area contributed by atoms with E-state index in [1.165, 1.54) is 6.20 Å². The van der Waals surface area contributed by atoms with Gasteiger partial charge in [-0.05, 0) is 31.5 Å². The number of benzene rings is 1. The first-order valence-corrected chi connectivity index (χ1v) is 5.95. The van der Waals surface area contributed by atoms with Gasteiger partial charge in [0.25, 0.3) is 5.69 Å². The maximum atomic E-state index is 10.9. The zero-order valence-corrected chi connectivity index (χ0v) is 10.8. The molecule has 19 heavy (non-hydrogen) atoms. The lowest BCUT2D eigenvalue weighted by Crippen LogP contribution is -1.95. The van der Waals surface area contributed by atoms with Crippen LogP contribution in [0, 0.1) is 17.0 Å². The van der Waals surface area contributed by atoms with Gasteiger partial charge in [0.2, 0.25) is 0 Å². The van der Waals surface area contributed by atoms with Gasteiger partial charge in [-0.15, -0.1) is 0 Å². The second kappa shape index (κ2) is 5.48. The van der Waals surface area contributed by atoms with E-state index in [9.17, 15) is 10.1 Å². The number of aromatic nitrogens is 1. The molecule has 0 atom stereocenters. The van der Waals surface area contributed by atoms with Crippen molar-refractivity contribution in [2.45, 2.75) is 13.8 Å². The Hall–Kier alpha value is -2.43. The number of hydrogen-bond acceptors (Lipinski definition) is 4. The van der Waals surface area contributed by atoms with Crippen molar-refractivity contribution in [1.29, 1.82) is 0 Å². The predicted octanol–water partition coefficient (Wildman–Crippen LogP) is 3.36. The molecular formula is C14H14N2O3. The summed E-state index contributed by atoms with van der Waals surface area (Å²) in [5.74, 6) is 0.780. The molecule has 0 radical (unpaired) electrons. The standard InChI is InChI=1S/C14H14N2O3/c1-3-19-12-6-4-11(5-7-12)13-8-15-9-14(10(13)2)16(17)18/h4-9H,3H2,1-2H3. The summed E-state index contributed by atoms with van der Waals surface area (Å²) < 4.78 is 5.37. The zero-order chi connectivity index (χ0) is 13.8. The van der Waals surface area contributed by atoms with E-state index in [0.29, 0.717) is 12.2 Å². The fourth-order valence-corrected chi connectivity index (χ4v) is 1.89. The molecule has 0 N–H and O–H groups in total. The molecule has 0 spiro atoms. The van der Waals surface area contributed by atoms with Crippen LogP contribution in [0.2, 0.25) is 0 Å². The molecular weight excluding hydrogens is 244 g/mol. The third kappa shape index (κ3) is 2.70. The van der Waals surface area contributed by atoms with E-state index in [0.717, 1.165) is 16.9 Å². The van der Waals surface area contributed by atoms with Gasteiger partial charge >= 0.3 is 0 Å². The number of ether oxygens (including phenoxy) is 1. The summed E-state index contributed by atoms with van der Waals surface area (Å²) in [6, 6.07) is 7.44. The fraction of sp³-hybridized carbons (Fsp3) is 0.214. The number of pyridine rings is 1. The van der Waals surface area contributed by atoms with Gasteiger partial charge in [0.1, 0.15) is 11.9 Å². The Kier molecular flexibility index (Phi) is 3.75. The van der Waals surface area contributed by atoms with Crippen LogP contribution in [-0.2, 0) is 0 Å². The van der Waals surface area contributed by atoms with Gasteiger partial charge in [0, 0.05) is 17.3 Å². The molecule has 0 bridgehead atoms. The number of nitrogens with zero attached hydrogens (tertiary/aromatic N) is 2. The monoisotopic (exact) mass is 258 g/mol. The summed E-state index contributed by atoms with van der Waals surface area (Å²) in [7, 11) is 0. The zero-order valence-electron chi connectivity index (χ0n) is 10.8. The Morgan fingerprint density at radius 2 is 1.95 bits per heavy atom. The molecule has 2 rings (SSSR count). The van der Waals surface area contributed by atoms with Crippen LogP contribution >= 0.6 is 0 Å². The molecule has 0 unspecified atom stereocenters. The van der Waals surface area contributed by atoms with Gasteiger partial charge in [-0.25, -0.2) is 0 Å². The summed E-state index contributed by atoms with van der Waals surface area (Å²) in [5.41, 5.74) is 2.30. The summed E-state index contributed by atoms with van der Waals surface area (Å²) >= 11 is 0. The topological polar surface area (TPSA) is 65.3 Å². The molecule has 98 valence electrons. The van der Waals surface area contributed by atoms with Crippen molar-refractivity contribution in [3.05, 3.63) is 52.3 Å². The quantitative estimate of drug-likeness (QED) is 0.623. The molecule has 0 aliphatic rings. The minimum absolute atomic E-state index is 0.0337. The van der Waals surface area contributed by atoms with Crippen molar-refractivity contribution < 1.29 is 9.66 Å². The maximum absolute atomic E-state index is 10.9. The summed E-state index contributed by atoms with van der Waals surface area (Å²) in [6.45, 7) is 4.25. The maximum Gasteiger partial charge on any atom is 0.291 e. The highest BCUT2D eigenvalue weighted by Gasteiger charge is 2.15. The molecule has 0 amide bonds. The first kappa shape index (κ1) is 13.0. The van der Waals surface area contributed by atoms with Crippen LogP contribution in [0.3, 0.4) is 0 Å². The molecule has 0 aliphatic carbocycles. The minimum Gasteiger partial charge on any atom is -0.494 e. The Bertz CT molecular complexity index is 594. The van der Waals surface area contributed by atoms with Crippen LogP contribution in [0.4, 0.5) is 5.69 Å². The van der Waals surface area contributed by atoms with Crippen LogP contribution < -0.4 is 4.74 Å². The third-order valence-corrected chi connectivity index (χ3v) is 2.86. The van der Waals surface area contributed by atoms with Crippen LogP contribution in [0.5, 0.6) is 5.75 Å². The van der Waals surface area contributed by atoms with Gasteiger partial charge in [0.05, 0.1) is 11.5 Å². The second-order valence-corrected chi connectivity index (χ2v) is 4.05. The van der Waals surface area contributed by atoms with Crippen molar-refractivity contribution >= 4 is 5.69 Å². The summed E-state index contributed by atoms with van der Waals surface area (Å²) in [4.78, 5) is 14.4. The van der Waals surface area contributed by atoms with Gasteiger partial charge in [-0.1, -0.05) is 12.1 Å². The van der Waals surface area contributed by atoms with Crippen molar-refractivity contribution in [2.75, 3.05) is 6.61 Å². The SMILES string of the molecule is CCOc1ccc(-c2cncc([N+](=O)[O-])c2C)cc1. The predicted molar refractivity (Wildman–Crippen MR) is 72.2 cm³/mol. The fourth-order valence-electron chi connectivity index (χ4n) is 1.89. The second-order valence-electron chi connectivity index (χ2n) is 4.05. The molecule has 1 aromatic carbocycles. The van der Waals surface area contributed by atoms with E-state index in [1.54, 1.807) is 13.1 Å². The van der Waals surface area contributed by atoms with E-state index in [2.05, 4.69) is 4.98 Å². The highest BCUT2D eigenvalue weighted by Crippen LogP contribution is 2.29. The molecule has 0 aliphatic heterocycles. The van der Waals surface area contributed by atoms with Gasteiger partial charge < -0.3 is 4.74 Å². The van der Waals surface area contributed by atoms with Crippen LogP contribution in [-0.4, -0.2) is 16.5 Å². The van der Waals surface area contributed by atoms with E-state index in [-0.39, 0.29) is 5.69 Å². The average Bonchev–Trinajstić information content (AvgIpc) is 2.40. The highest BCUT2D eigenvalue weighted by atomic mass is 16.6. The van der Waals surface area contributed by atoms with Crippen LogP contribution in [0.25, 0.3) is 11.1 Å². The minimum atomic E-state index is -0.416. The lowest BCUT2D eigenvalue weighted by molar-refractivity contribution is -0.385. The molecule has 5 nitrogen and oxygen atoms in total. The molecule has 5 heteroatoms. The lowest BCUT2D eigenvalue weighted by Gasteiger charge is -2.07. The first-order chi connectivity index (χ1) is 9.13. The van der Waals surface area contributed by atoms with Crippen molar-refractivity contribution in [2.24, 2.45) is 0 Å². The van der Waals surface area contributed by atoms with Gasteiger partial charge in [0.15, 0.2) is 0 Å². The first-order valence-electron chi connectivity index (χ1n) is 5.95. The van der Waals surface area contributed by atoms with Crippen molar-refractivity contribution in [3.63, 3.8) is 0 Å². The molecule has 0 saturated carbocycles. The normalized spacial score (nSPS) is 10.2. The van der Waals surface area contributed by atoms with E-state index >= 15 is 0 Å². The van der Waals surface area contributed by atoms with Crippen LogP contribution in [0.15, 0.2) is 36.7 Å². The van der Waals surface area contributed by atoms with Crippen LogP contribution in [0.1, 0.15) is 12.5 Å². The number of nitro groups is 1. The Morgan fingerprint density at radius 3 is 2.53 bits per heavy atom. The Labute approximate surface area is 111 Å².